The van der Waals surface area contributed by atoms with E-state index < -0.39 is 0 Å². The van der Waals surface area contributed by atoms with Crippen LogP contribution in [0.1, 0.15) is 38.6 Å². The molecule has 0 aromatic carbocycles. The molecule has 0 unspecified atom stereocenters. The van der Waals surface area contributed by atoms with Crippen molar-refractivity contribution in [1.82, 2.24) is 20.4 Å². The van der Waals surface area contributed by atoms with Gasteiger partial charge in [0.2, 0.25) is 0 Å². The van der Waals surface area contributed by atoms with Gasteiger partial charge in [-0.05, 0) is 53.7 Å². The first-order valence-electron chi connectivity index (χ1n) is 6.85. The molecule has 0 radical (unpaired) electrons. The second kappa shape index (κ2) is 6.90. The summed E-state index contributed by atoms with van der Waals surface area (Å²) in [7, 11) is 0. The Morgan fingerprint density at radius 2 is 1.89 bits per heavy atom. The highest BCUT2D eigenvalue weighted by molar-refractivity contribution is 5.06. The first kappa shape index (κ1) is 15.2. The summed E-state index contributed by atoms with van der Waals surface area (Å²) >= 11 is 0. The molecule has 0 aliphatic rings. The number of nitrogens with zero attached hydrogens (tertiary/aromatic N) is 2. The van der Waals surface area contributed by atoms with Crippen LogP contribution in [0.3, 0.4) is 0 Å². The lowest BCUT2D eigenvalue weighted by Crippen LogP contribution is -2.40. The third-order valence-electron chi connectivity index (χ3n) is 2.78. The maximum atomic E-state index is 4.45. The Morgan fingerprint density at radius 3 is 2.44 bits per heavy atom. The molecule has 0 fully saturated rings. The lowest BCUT2D eigenvalue weighted by atomic mass is 10.1. The zero-order chi connectivity index (χ0) is 13.6. The quantitative estimate of drug-likeness (QED) is 0.728. The van der Waals surface area contributed by atoms with E-state index in [2.05, 4.69) is 54.2 Å². The monoisotopic (exact) mass is 252 g/mol. The number of hydrogen-bond donors (Lipinski definition) is 2. The second-order valence-electron chi connectivity index (χ2n) is 5.93. The average Bonchev–Trinajstić information content (AvgIpc) is 2.54. The highest BCUT2D eigenvalue weighted by Crippen LogP contribution is 2.02. The van der Waals surface area contributed by atoms with E-state index in [4.69, 9.17) is 0 Å². The van der Waals surface area contributed by atoms with Gasteiger partial charge < -0.3 is 10.6 Å². The van der Waals surface area contributed by atoms with Gasteiger partial charge in [-0.2, -0.15) is 5.10 Å². The van der Waals surface area contributed by atoms with E-state index in [1.165, 1.54) is 5.69 Å². The fourth-order valence-corrected chi connectivity index (χ4v) is 1.91. The van der Waals surface area contributed by atoms with Crippen LogP contribution in [0.2, 0.25) is 0 Å². The van der Waals surface area contributed by atoms with Gasteiger partial charge in [0.05, 0.1) is 5.69 Å². The zero-order valence-corrected chi connectivity index (χ0v) is 12.5. The van der Waals surface area contributed by atoms with Crippen molar-refractivity contribution in [1.29, 1.82) is 0 Å². The Morgan fingerprint density at radius 1 is 1.17 bits per heavy atom. The molecule has 2 N–H and O–H groups in total. The van der Waals surface area contributed by atoms with Crippen LogP contribution in [-0.2, 0) is 6.54 Å². The van der Waals surface area contributed by atoms with Crippen LogP contribution >= 0.6 is 0 Å². The summed E-state index contributed by atoms with van der Waals surface area (Å²) in [5.41, 5.74) is 2.57. The van der Waals surface area contributed by atoms with Crippen molar-refractivity contribution in [2.45, 2.75) is 53.1 Å². The van der Waals surface area contributed by atoms with Gasteiger partial charge in [-0.15, -0.1) is 0 Å². The summed E-state index contributed by atoms with van der Waals surface area (Å²) in [6, 6.07) is 2.13. The Hall–Kier alpha value is -0.870. The molecule has 0 amide bonds. The molecule has 0 atom stereocenters. The van der Waals surface area contributed by atoms with Crippen molar-refractivity contribution in [2.75, 3.05) is 19.6 Å². The summed E-state index contributed by atoms with van der Waals surface area (Å²) in [6.07, 6.45) is 1.12. The maximum Gasteiger partial charge on any atom is 0.0596 e. The minimum atomic E-state index is 0.214. The van der Waals surface area contributed by atoms with Crippen LogP contribution in [0, 0.1) is 13.8 Å². The van der Waals surface area contributed by atoms with Crippen LogP contribution in [0.25, 0.3) is 0 Å². The SMILES string of the molecule is Cc1cc(C)n(CCCNCCNC(C)(C)C)n1. The van der Waals surface area contributed by atoms with E-state index >= 15 is 0 Å². The van der Waals surface area contributed by atoms with E-state index in [9.17, 15) is 0 Å². The van der Waals surface area contributed by atoms with Gasteiger partial charge >= 0.3 is 0 Å². The molecule has 0 bridgehead atoms. The molecule has 0 aliphatic carbocycles. The van der Waals surface area contributed by atoms with Crippen molar-refractivity contribution in [3.8, 4) is 0 Å². The topological polar surface area (TPSA) is 41.9 Å². The fraction of sp³-hybridized carbons (Fsp3) is 0.786. The van der Waals surface area contributed by atoms with Crippen LogP contribution < -0.4 is 10.6 Å². The molecule has 0 saturated heterocycles. The summed E-state index contributed by atoms with van der Waals surface area (Å²) in [4.78, 5) is 0. The smallest absolute Gasteiger partial charge is 0.0596 e. The Bertz CT molecular complexity index is 349. The van der Waals surface area contributed by atoms with Crippen molar-refractivity contribution >= 4 is 0 Å². The zero-order valence-electron chi connectivity index (χ0n) is 12.5. The number of nitrogens with one attached hydrogen (secondary N) is 2. The normalized spacial score (nSPS) is 12.1. The van der Waals surface area contributed by atoms with Crippen molar-refractivity contribution < 1.29 is 0 Å². The first-order valence-corrected chi connectivity index (χ1v) is 6.85. The summed E-state index contributed by atoms with van der Waals surface area (Å²) in [5.74, 6) is 0. The maximum absolute atomic E-state index is 4.45. The predicted octanol–water partition coefficient (Wildman–Crippen LogP) is 1.87. The number of aromatic nitrogens is 2. The molecule has 104 valence electrons. The minimum Gasteiger partial charge on any atom is -0.315 e. The van der Waals surface area contributed by atoms with Gasteiger partial charge in [0.15, 0.2) is 0 Å². The average molecular weight is 252 g/mol. The van der Waals surface area contributed by atoms with Crippen molar-refractivity contribution in [3.63, 3.8) is 0 Å². The largest absolute Gasteiger partial charge is 0.315 e. The van der Waals surface area contributed by atoms with E-state index in [1.54, 1.807) is 0 Å². The first-order chi connectivity index (χ1) is 8.38. The van der Waals surface area contributed by atoms with Gasteiger partial charge in [-0.25, -0.2) is 0 Å². The molecule has 4 heteroatoms. The number of aryl methyl sites for hydroxylation is 3. The lowest BCUT2D eigenvalue weighted by molar-refractivity contribution is 0.419. The lowest BCUT2D eigenvalue weighted by Gasteiger charge is -2.20. The Kier molecular flexibility index (Phi) is 5.82. The highest BCUT2D eigenvalue weighted by Gasteiger charge is 2.06. The van der Waals surface area contributed by atoms with Crippen LogP contribution in [0.15, 0.2) is 6.07 Å². The van der Waals surface area contributed by atoms with Crippen LogP contribution in [-0.4, -0.2) is 35.0 Å². The van der Waals surface area contributed by atoms with Crippen molar-refractivity contribution in [2.24, 2.45) is 0 Å². The van der Waals surface area contributed by atoms with Crippen LogP contribution in [0.4, 0.5) is 0 Å². The number of hydrogen-bond acceptors (Lipinski definition) is 3. The fourth-order valence-electron chi connectivity index (χ4n) is 1.91. The van der Waals surface area contributed by atoms with E-state index in [-0.39, 0.29) is 5.54 Å². The van der Waals surface area contributed by atoms with Gasteiger partial charge in [0, 0.05) is 30.9 Å². The van der Waals surface area contributed by atoms with E-state index in [1.807, 2.05) is 6.92 Å². The van der Waals surface area contributed by atoms with Gasteiger partial charge in [0.1, 0.15) is 0 Å². The predicted molar refractivity (Wildman–Crippen MR) is 76.9 cm³/mol. The summed E-state index contributed by atoms with van der Waals surface area (Å²) in [5, 5.41) is 11.4. The summed E-state index contributed by atoms with van der Waals surface area (Å²) in [6.45, 7) is 14.8. The third-order valence-corrected chi connectivity index (χ3v) is 2.78. The van der Waals surface area contributed by atoms with E-state index in [0.29, 0.717) is 0 Å². The van der Waals surface area contributed by atoms with Crippen molar-refractivity contribution in [3.05, 3.63) is 17.5 Å². The second-order valence-corrected chi connectivity index (χ2v) is 5.93. The van der Waals surface area contributed by atoms with Gasteiger partial charge in [-0.1, -0.05) is 0 Å². The molecule has 1 aromatic heterocycles. The molecule has 0 saturated carbocycles. The Balaban J connectivity index is 2.04. The molecule has 18 heavy (non-hydrogen) atoms. The third kappa shape index (κ3) is 6.17. The molecular weight excluding hydrogens is 224 g/mol. The minimum absolute atomic E-state index is 0.214. The Labute approximate surface area is 111 Å². The molecule has 4 nitrogen and oxygen atoms in total. The highest BCUT2D eigenvalue weighted by atomic mass is 15.3. The number of rotatable bonds is 7. The molecule has 0 aliphatic heterocycles. The summed E-state index contributed by atoms with van der Waals surface area (Å²) < 4.78 is 2.09. The molecule has 0 spiro atoms. The van der Waals surface area contributed by atoms with E-state index in [0.717, 1.165) is 38.3 Å². The van der Waals surface area contributed by atoms with Gasteiger partial charge in [0.25, 0.3) is 0 Å². The van der Waals surface area contributed by atoms with Gasteiger partial charge in [-0.3, -0.25) is 4.68 Å². The molecule has 1 rings (SSSR count). The molecule has 1 heterocycles. The molecular formula is C14H28N4. The molecule has 1 aromatic rings. The standard InChI is InChI=1S/C14H28N4/c1-12-11-13(2)18(17-12)10-6-7-15-8-9-16-14(3,4)5/h11,15-16H,6-10H2,1-5H3. The van der Waals surface area contributed by atoms with Crippen LogP contribution in [0.5, 0.6) is 0 Å².